The maximum atomic E-state index is 12.6. The topological polar surface area (TPSA) is 89.5 Å². The molecule has 1 aromatic carbocycles. The molecule has 1 N–H and O–H groups in total. The number of ether oxygens (including phenoxy) is 1. The van der Waals surface area contributed by atoms with E-state index in [0.717, 1.165) is 0 Å². The summed E-state index contributed by atoms with van der Waals surface area (Å²) in [7, 11) is 0. The maximum absolute atomic E-state index is 12.6. The van der Waals surface area contributed by atoms with Crippen molar-refractivity contribution in [3.63, 3.8) is 0 Å². The predicted molar refractivity (Wildman–Crippen MR) is 107 cm³/mol. The standard InChI is InChI=1S/C22H31NO5/c1-4-28-22(27)19(14-8-10-16(2)24)20(15-9-11-17(3)25)23-21(26)18-12-6-5-7-13-18/h5-7,12-13,19-20H,4,8-11,14-15H2,1-3H3,(H,23,26)/t19-,20-/m0/s1. The number of benzene rings is 1. The van der Waals surface area contributed by atoms with Crippen molar-refractivity contribution in [3.8, 4) is 0 Å². The summed E-state index contributed by atoms with van der Waals surface area (Å²) >= 11 is 0. The van der Waals surface area contributed by atoms with Crippen LogP contribution in [0.2, 0.25) is 0 Å². The van der Waals surface area contributed by atoms with Gasteiger partial charge in [-0.25, -0.2) is 0 Å². The van der Waals surface area contributed by atoms with E-state index in [2.05, 4.69) is 5.32 Å². The first-order valence-electron chi connectivity index (χ1n) is 9.86. The molecule has 0 aliphatic carbocycles. The minimum Gasteiger partial charge on any atom is -0.466 e. The van der Waals surface area contributed by atoms with E-state index >= 15 is 0 Å². The summed E-state index contributed by atoms with van der Waals surface area (Å²) in [5.74, 6) is -1.08. The number of rotatable bonds is 13. The van der Waals surface area contributed by atoms with Gasteiger partial charge < -0.3 is 19.6 Å². The molecule has 28 heavy (non-hydrogen) atoms. The van der Waals surface area contributed by atoms with Gasteiger partial charge in [-0.2, -0.15) is 0 Å². The molecule has 0 saturated carbocycles. The molecule has 6 heteroatoms. The van der Waals surface area contributed by atoms with Crippen LogP contribution in [0.25, 0.3) is 0 Å². The predicted octanol–water partition coefficient (Wildman–Crippen LogP) is 3.48. The van der Waals surface area contributed by atoms with Gasteiger partial charge in [0.1, 0.15) is 11.6 Å². The summed E-state index contributed by atoms with van der Waals surface area (Å²) in [4.78, 5) is 47.8. The van der Waals surface area contributed by atoms with E-state index in [1.165, 1.54) is 13.8 Å². The molecule has 0 aromatic heterocycles. The molecule has 0 heterocycles. The van der Waals surface area contributed by atoms with E-state index in [-0.39, 0.29) is 30.0 Å². The average Bonchev–Trinajstić information content (AvgIpc) is 2.65. The molecule has 0 unspecified atom stereocenters. The smallest absolute Gasteiger partial charge is 0.311 e. The zero-order valence-corrected chi connectivity index (χ0v) is 17.0. The lowest BCUT2D eigenvalue weighted by atomic mass is 9.89. The molecular formula is C22H31NO5. The minimum absolute atomic E-state index is 0.0593. The molecule has 1 aromatic rings. The summed E-state index contributed by atoms with van der Waals surface area (Å²) in [6, 6.07) is 8.32. The van der Waals surface area contributed by atoms with E-state index in [1.54, 1.807) is 31.2 Å². The number of Topliss-reactive ketones (excluding diaryl/α,β-unsaturated/α-hetero) is 2. The third-order valence-corrected chi connectivity index (χ3v) is 4.52. The second-order valence-corrected chi connectivity index (χ2v) is 6.99. The highest BCUT2D eigenvalue weighted by Crippen LogP contribution is 2.21. The Morgan fingerprint density at radius 1 is 0.929 bits per heavy atom. The Balaban J connectivity index is 2.95. The maximum Gasteiger partial charge on any atom is 0.311 e. The van der Waals surface area contributed by atoms with Gasteiger partial charge in [0.15, 0.2) is 0 Å². The number of hydrogen-bond acceptors (Lipinski definition) is 5. The van der Waals surface area contributed by atoms with E-state index in [9.17, 15) is 19.2 Å². The summed E-state index contributed by atoms with van der Waals surface area (Å²) in [6.07, 6.45) is 2.81. The van der Waals surface area contributed by atoms with Crippen LogP contribution in [0.1, 0.15) is 69.7 Å². The monoisotopic (exact) mass is 389 g/mol. The summed E-state index contributed by atoms with van der Waals surface area (Å²) in [5.41, 5.74) is 0.505. The second-order valence-electron chi connectivity index (χ2n) is 6.99. The van der Waals surface area contributed by atoms with Crippen LogP contribution in [0.4, 0.5) is 0 Å². The fourth-order valence-electron chi connectivity index (χ4n) is 3.09. The third kappa shape index (κ3) is 8.93. The molecule has 0 fully saturated rings. The summed E-state index contributed by atoms with van der Waals surface area (Å²) in [6.45, 7) is 5.01. The molecule has 1 amide bonds. The Morgan fingerprint density at radius 2 is 1.50 bits per heavy atom. The number of nitrogens with one attached hydrogen (secondary N) is 1. The highest BCUT2D eigenvalue weighted by Gasteiger charge is 2.30. The lowest BCUT2D eigenvalue weighted by Crippen LogP contribution is -2.44. The lowest BCUT2D eigenvalue weighted by Gasteiger charge is -2.27. The van der Waals surface area contributed by atoms with Crippen LogP contribution in [-0.4, -0.2) is 36.1 Å². The van der Waals surface area contributed by atoms with Gasteiger partial charge in [-0.3, -0.25) is 9.59 Å². The molecule has 0 aliphatic rings. The second kappa shape index (κ2) is 12.8. The normalized spacial score (nSPS) is 12.7. The molecule has 0 spiro atoms. The van der Waals surface area contributed by atoms with E-state index < -0.39 is 12.0 Å². The Bertz CT molecular complexity index is 656. The summed E-state index contributed by atoms with van der Waals surface area (Å²) < 4.78 is 5.22. The zero-order chi connectivity index (χ0) is 20.9. The average molecular weight is 389 g/mol. The van der Waals surface area contributed by atoms with Crippen molar-refractivity contribution < 1.29 is 23.9 Å². The number of esters is 1. The molecule has 0 aliphatic heterocycles. The number of amides is 1. The van der Waals surface area contributed by atoms with Gasteiger partial charge in [-0.1, -0.05) is 18.2 Å². The third-order valence-electron chi connectivity index (χ3n) is 4.52. The van der Waals surface area contributed by atoms with Crippen molar-refractivity contribution in [2.75, 3.05) is 6.61 Å². The van der Waals surface area contributed by atoms with Crippen LogP contribution < -0.4 is 5.32 Å². The quantitative estimate of drug-likeness (QED) is 0.522. The largest absolute Gasteiger partial charge is 0.466 e. The Hall–Kier alpha value is -2.50. The molecule has 0 radical (unpaired) electrons. The van der Waals surface area contributed by atoms with Crippen molar-refractivity contribution >= 4 is 23.4 Å². The van der Waals surface area contributed by atoms with E-state index in [1.807, 2.05) is 6.07 Å². The number of carbonyl (C=O) groups is 4. The first-order valence-corrected chi connectivity index (χ1v) is 9.86. The zero-order valence-electron chi connectivity index (χ0n) is 17.0. The Morgan fingerprint density at radius 3 is 2.04 bits per heavy atom. The van der Waals surface area contributed by atoms with Gasteiger partial charge >= 0.3 is 5.97 Å². The summed E-state index contributed by atoms with van der Waals surface area (Å²) in [5, 5.41) is 2.95. The van der Waals surface area contributed by atoms with Crippen molar-refractivity contribution in [3.05, 3.63) is 35.9 Å². The first kappa shape index (κ1) is 23.5. The number of hydrogen-bond donors (Lipinski definition) is 1. The fraction of sp³-hybridized carbons (Fsp3) is 0.545. The highest BCUT2D eigenvalue weighted by molar-refractivity contribution is 5.94. The molecule has 2 atom stereocenters. The highest BCUT2D eigenvalue weighted by atomic mass is 16.5. The van der Waals surface area contributed by atoms with E-state index in [0.29, 0.717) is 44.1 Å². The van der Waals surface area contributed by atoms with Crippen molar-refractivity contribution in [2.24, 2.45) is 5.92 Å². The lowest BCUT2D eigenvalue weighted by molar-refractivity contribution is -0.149. The molecule has 154 valence electrons. The van der Waals surface area contributed by atoms with Gasteiger partial charge in [0.25, 0.3) is 5.91 Å². The van der Waals surface area contributed by atoms with Crippen molar-refractivity contribution in [1.82, 2.24) is 5.32 Å². The molecule has 6 nitrogen and oxygen atoms in total. The molecule has 1 rings (SSSR count). The number of ketones is 2. The van der Waals surface area contributed by atoms with Crippen LogP contribution >= 0.6 is 0 Å². The van der Waals surface area contributed by atoms with Crippen LogP contribution in [0.3, 0.4) is 0 Å². The number of carbonyl (C=O) groups excluding carboxylic acids is 4. The minimum atomic E-state index is -0.557. The van der Waals surface area contributed by atoms with Gasteiger partial charge in [-0.05, 0) is 58.6 Å². The Labute approximate surface area is 167 Å². The Kier molecular flexibility index (Phi) is 10.8. The molecule has 0 saturated heterocycles. The van der Waals surface area contributed by atoms with Crippen molar-refractivity contribution in [2.45, 2.75) is 65.3 Å². The molecular weight excluding hydrogens is 358 g/mol. The van der Waals surface area contributed by atoms with Gasteiger partial charge in [0, 0.05) is 24.4 Å². The fourth-order valence-corrected chi connectivity index (χ4v) is 3.09. The van der Waals surface area contributed by atoms with Gasteiger partial charge in [-0.15, -0.1) is 0 Å². The van der Waals surface area contributed by atoms with Gasteiger partial charge in [0.2, 0.25) is 0 Å². The first-order chi connectivity index (χ1) is 13.3. The van der Waals surface area contributed by atoms with Crippen LogP contribution in [0.15, 0.2) is 30.3 Å². The van der Waals surface area contributed by atoms with E-state index in [4.69, 9.17) is 4.74 Å². The van der Waals surface area contributed by atoms with Crippen LogP contribution in [-0.2, 0) is 19.1 Å². The SMILES string of the molecule is CCOC(=O)[C@@H](CCCC(C)=O)[C@H](CCCC(C)=O)NC(=O)c1ccccc1. The molecule has 0 bridgehead atoms. The van der Waals surface area contributed by atoms with Gasteiger partial charge in [0.05, 0.1) is 12.5 Å². The van der Waals surface area contributed by atoms with Crippen LogP contribution in [0, 0.1) is 5.92 Å². The van der Waals surface area contributed by atoms with Crippen molar-refractivity contribution in [1.29, 1.82) is 0 Å². The van der Waals surface area contributed by atoms with Crippen LogP contribution in [0.5, 0.6) is 0 Å².